The maximum Gasteiger partial charge on any atom is 0.271 e. The van der Waals surface area contributed by atoms with Crippen LogP contribution in [0, 0.1) is 6.92 Å². The standard InChI is InChI=1S/C22H27N5O/c1-17-7-6-10-21-24-20(16-27(17)21)22(28)23-15-18(2)25-11-13-26(14-12-25)19-8-4-3-5-9-19/h3-10,16,18H,11-15H2,1-2H3,(H,23,28). The van der Waals surface area contributed by atoms with E-state index >= 15 is 0 Å². The summed E-state index contributed by atoms with van der Waals surface area (Å²) in [5.41, 5.74) is 3.62. The molecule has 0 radical (unpaired) electrons. The Hall–Kier alpha value is -2.86. The summed E-state index contributed by atoms with van der Waals surface area (Å²) in [6, 6.07) is 16.7. The summed E-state index contributed by atoms with van der Waals surface area (Å²) in [5, 5.41) is 3.05. The van der Waals surface area contributed by atoms with Gasteiger partial charge in [0.25, 0.3) is 5.91 Å². The first-order chi connectivity index (χ1) is 13.6. The summed E-state index contributed by atoms with van der Waals surface area (Å²) in [4.78, 5) is 21.8. The van der Waals surface area contributed by atoms with Crippen molar-refractivity contribution in [3.63, 3.8) is 0 Å². The minimum atomic E-state index is -0.113. The van der Waals surface area contributed by atoms with Gasteiger partial charge in [-0.2, -0.15) is 0 Å². The number of benzene rings is 1. The maximum atomic E-state index is 12.5. The monoisotopic (exact) mass is 377 g/mol. The molecule has 0 bridgehead atoms. The fourth-order valence-corrected chi connectivity index (χ4v) is 3.78. The third-order valence-electron chi connectivity index (χ3n) is 5.55. The average molecular weight is 377 g/mol. The lowest BCUT2D eigenvalue weighted by atomic mass is 10.2. The SMILES string of the molecule is Cc1cccc2nc(C(=O)NCC(C)N3CCN(c4ccccc4)CC3)cn12. The summed E-state index contributed by atoms with van der Waals surface area (Å²) in [6.07, 6.45) is 1.81. The van der Waals surface area contributed by atoms with E-state index in [9.17, 15) is 4.79 Å². The number of carbonyl (C=O) groups is 1. The number of hydrogen-bond donors (Lipinski definition) is 1. The van der Waals surface area contributed by atoms with Crippen molar-refractivity contribution in [2.24, 2.45) is 0 Å². The number of nitrogens with zero attached hydrogens (tertiary/aromatic N) is 4. The first-order valence-electron chi connectivity index (χ1n) is 9.89. The molecule has 1 atom stereocenters. The van der Waals surface area contributed by atoms with Crippen LogP contribution in [0.4, 0.5) is 5.69 Å². The molecule has 1 aliphatic heterocycles. The molecule has 3 aromatic rings. The lowest BCUT2D eigenvalue weighted by molar-refractivity contribution is 0.0930. The highest BCUT2D eigenvalue weighted by Gasteiger charge is 2.22. The Morgan fingerprint density at radius 2 is 1.82 bits per heavy atom. The van der Waals surface area contributed by atoms with Gasteiger partial charge in [-0.1, -0.05) is 24.3 Å². The maximum absolute atomic E-state index is 12.5. The van der Waals surface area contributed by atoms with Crippen LogP contribution in [-0.4, -0.2) is 59.0 Å². The van der Waals surface area contributed by atoms with Crippen molar-refractivity contribution in [1.82, 2.24) is 19.6 Å². The van der Waals surface area contributed by atoms with Gasteiger partial charge in [-0.25, -0.2) is 4.98 Å². The molecule has 1 saturated heterocycles. The number of aromatic nitrogens is 2. The molecule has 2 aromatic heterocycles. The number of para-hydroxylation sites is 1. The van der Waals surface area contributed by atoms with E-state index in [0.29, 0.717) is 18.3 Å². The molecule has 1 amide bonds. The lowest BCUT2D eigenvalue weighted by Crippen LogP contribution is -2.52. The van der Waals surface area contributed by atoms with E-state index in [1.807, 2.05) is 35.7 Å². The molecule has 0 spiro atoms. The number of imidazole rings is 1. The zero-order chi connectivity index (χ0) is 19.5. The second kappa shape index (κ2) is 8.02. The minimum Gasteiger partial charge on any atom is -0.369 e. The molecule has 1 unspecified atom stereocenters. The fourth-order valence-electron chi connectivity index (χ4n) is 3.78. The molecule has 4 rings (SSSR count). The summed E-state index contributed by atoms with van der Waals surface area (Å²) in [7, 11) is 0. The second-order valence-corrected chi connectivity index (χ2v) is 7.44. The number of aryl methyl sites for hydroxylation is 1. The average Bonchev–Trinajstić information content (AvgIpc) is 3.18. The molecule has 146 valence electrons. The van der Waals surface area contributed by atoms with Crippen LogP contribution in [0.25, 0.3) is 5.65 Å². The Labute approximate surface area is 165 Å². The van der Waals surface area contributed by atoms with E-state index in [4.69, 9.17) is 0 Å². The third-order valence-corrected chi connectivity index (χ3v) is 5.55. The van der Waals surface area contributed by atoms with Crippen molar-refractivity contribution in [3.8, 4) is 0 Å². The minimum absolute atomic E-state index is 0.113. The number of hydrogen-bond acceptors (Lipinski definition) is 4. The topological polar surface area (TPSA) is 52.9 Å². The normalized spacial score (nSPS) is 16.3. The highest BCUT2D eigenvalue weighted by Crippen LogP contribution is 2.16. The lowest BCUT2D eigenvalue weighted by Gasteiger charge is -2.39. The van der Waals surface area contributed by atoms with Gasteiger partial charge < -0.3 is 14.6 Å². The molecule has 28 heavy (non-hydrogen) atoms. The van der Waals surface area contributed by atoms with Gasteiger partial charge >= 0.3 is 0 Å². The summed E-state index contributed by atoms with van der Waals surface area (Å²) in [5.74, 6) is -0.113. The van der Waals surface area contributed by atoms with Crippen LogP contribution in [-0.2, 0) is 0 Å². The number of amides is 1. The van der Waals surface area contributed by atoms with Crippen molar-refractivity contribution >= 4 is 17.2 Å². The molecule has 6 nitrogen and oxygen atoms in total. The molecule has 1 fully saturated rings. The van der Waals surface area contributed by atoms with Gasteiger partial charge in [-0.05, 0) is 38.1 Å². The summed E-state index contributed by atoms with van der Waals surface area (Å²) in [6.45, 7) is 8.82. The number of rotatable bonds is 5. The molecule has 0 saturated carbocycles. The van der Waals surface area contributed by atoms with Gasteiger partial charge in [0, 0.05) is 56.3 Å². The van der Waals surface area contributed by atoms with E-state index in [1.54, 1.807) is 0 Å². The van der Waals surface area contributed by atoms with Crippen LogP contribution in [0.15, 0.2) is 54.7 Å². The molecular formula is C22H27N5O. The van der Waals surface area contributed by atoms with Crippen LogP contribution in [0.1, 0.15) is 23.1 Å². The zero-order valence-corrected chi connectivity index (χ0v) is 16.5. The predicted octanol–water partition coefficient (Wildman–Crippen LogP) is 2.58. The number of nitrogens with one attached hydrogen (secondary N) is 1. The first-order valence-corrected chi connectivity index (χ1v) is 9.89. The van der Waals surface area contributed by atoms with E-state index < -0.39 is 0 Å². The second-order valence-electron chi connectivity index (χ2n) is 7.44. The Morgan fingerprint density at radius 1 is 1.07 bits per heavy atom. The van der Waals surface area contributed by atoms with E-state index in [0.717, 1.165) is 37.5 Å². The van der Waals surface area contributed by atoms with Crippen LogP contribution < -0.4 is 10.2 Å². The molecule has 6 heteroatoms. The predicted molar refractivity (Wildman–Crippen MR) is 112 cm³/mol. The van der Waals surface area contributed by atoms with Crippen molar-refractivity contribution < 1.29 is 4.79 Å². The van der Waals surface area contributed by atoms with Crippen molar-refractivity contribution in [2.45, 2.75) is 19.9 Å². The van der Waals surface area contributed by atoms with Gasteiger partial charge in [0.1, 0.15) is 11.3 Å². The third kappa shape index (κ3) is 3.87. The van der Waals surface area contributed by atoms with Crippen LogP contribution in [0.2, 0.25) is 0 Å². The molecular weight excluding hydrogens is 350 g/mol. The van der Waals surface area contributed by atoms with Gasteiger partial charge in [0.05, 0.1) is 0 Å². The largest absolute Gasteiger partial charge is 0.369 e. The van der Waals surface area contributed by atoms with Crippen LogP contribution >= 0.6 is 0 Å². The van der Waals surface area contributed by atoms with E-state index in [1.165, 1.54) is 5.69 Å². The Morgan fingerprint density at radius 3 is 2.54 bits per heavy atom. The van der Waals surface area contributed by atoms with E-state index in [-0.39, 0.29) is 5.91 Å². The number of anilines is 1. The molecule has 0 aliphatic carbocycles. The van der Waals surface area contributed by atoms with Gasteiger partial charge in [0.2, 0.25) is 0 Å². The highest BCUT2D eigenvalue weighted by atomic mass is 16.1. The summed E-state index contributed by atoms with van der Waals surface area (Å²) < 4.78 is 1.95. The molecule has 3 heterocycles. The van der Waals surface area contributed by atoms with Gasteiger partial charge in [-0.3, -0.25) is 9.69 Å². The number of carbonyl (C=O) groups excluding carboxylic acids is 1. The quantitative estimate of drug-likeness (QED) is 0.743. The van der Waals surface area contributed by atoms with Crippen LogP contribution in [0.5, 0.6) is 0 Å². The molecule has 1 aromatic carbocycles. The summed E-state index contributed by atoms with van der Waals surface area (Å²) >= 11 is 0. The first kappa shape index (κ1) is 18.5. The zero-order valence-electron chi connectivity index (χ0n) is 16.5. The fraction of sp³-hybridized carbons (Fsp3) is 0.364. The highest BCUT2D eigenvalue weighted by molar-refractivity contribution is 5.92. The van der Waals surface area contributed by atoms with Crippen molar-refractivity contribution in [2.75, 3.05) is 37.6 Å². The van der Waals surface area contributed by atoms with Crippen molar-refractivity contribution in [1.29, 1.82) is 0 Å². The van der Waals surface area contributed by atoms with Crippen LogP contribution in [0.3, 0.4) is 0 Å². The molecule has 1 N–H and O–H groups in total. The van der Waals surface area contributed by atoms with Gasteiger partial charge in [-0.15, -0.1) is 0 Å². The smallest absolute Gasteiger partial charge is 0.271 e. The Bertz CT molecular complexity index is 944. The Kier molecular flexibility index (Phi) is 5.30. The Balaban J connectivity index is 1.30. The number of pyridine rings is 1. The molecule has 1 aliphatic rings. The van der Waals surface area contributed by atoms with E-state index in [2.05, 4.69) is 57.4 Å². The number of piperazine rings is 1. The van der Waals surface area contributed by atoms with Gasteiger partial charge in [0.15, 0.2) is 0 Å². The number of fused-ring (bicyclic) bond motifs is 1. The van der Waals surface area contributed by atoms with Crippen molar-refractivity contribution in [3.05, 3.63) is 66.1 Å².